The Bertz CT molecular complexity index is 411. The minimum Gasteiger partial charge on any atom is -0.496 e. The van der Waals surface area contributed by atoms with Gasteiger partial charge in [-0.3, -0.25) is 0 Å². The van der Waals surface area contributed by atoms with E-state index in [9.17, 15) is 0 Å². The molecule has 1 aliphatic rings. The number of nitrogens with one attached hydrogen (secondary N) is 1. The van der Waals surface area contributed by atoms with Crippen LogP contribution in [0.15, 0.2) is 18.2 Å². The molecule has 0 aromatic heterocycles. The van der Waals surface area contributed by atoms with Gasteiger partial charge in [0.1, 0.15) is 5.75 Å². The van der Waals surface area contributed by atoms with E-state index >= 15 is 0 Å². The third-order valence-electron chi connectivity index (χ3n) is 4.15. The summed E-state index contributed by atoms with van der Waals surface area (Å²) in [5.74, 6) is 1.72. The van der Waals surface area contributed by atoms with Crippen LogP contribution in [0.1, 0.15) is 30.0 Å². The van der Waals surface area contributed by atoms with E-state index in [0.717, 1.165) is 24.8 Å². The maximum atomic E-state index is 5.36. The van der Waals surface area contributed by atoms with E-state index in [0.29, 0.717) is 6.04 Å². The van der Waals surface area contributed by atoms with E-state index in [1.807, 2.05) is 0 Å². The number of aryl methyl sites for hydroxylation is 1. The zero-order valence-corrected chi connectivity index (χ0v) is 12.6. The van der Waals surface area contributed by atoms with Crippen molar-refractivity contribution in [3.63, 3.8) is 0 Å². The van der Waals surface area contributed by atoms with Gasteiger partial charge in [0.15, 0.2) is 0 Å². The van der Waals surface area contributed by atoms with Gasteiger partial charge in [-0.05, 0) is 70.1 Å². The molecule has 0 amide bonds. The van der Waals surface area contributed by atoms with Crippen molar-refractivity contribution < 1.29 is 4.74 Å². The van der Waals surface area contributed by atoms with E-state index < -0.39 is 0 Å². The molecule has 1 atom stereocenters. The van der Waals surface area contributed by atoms with Gasteiger partial charge in [-0.2, -0.15) is 0 Å². The largest absolute Gasteiger partial charge is 0.496 e. The van der Waals surface area contributed by atoms with Crippen molar-refractivity contribution in [2.75, 3.05) is 34.3 Å². The van der Waals surface area contributed by atoms with Gasteiger partial charge in [-0.25, -0.2) is 0 Å². The van der Waals surface area contributed by atoms with Gasteiger partial charge in [0.25, 0.3) is 0 Å². The average Bonchev–Trinajstić information content (AvgIpc) is 2.40. The molecule has 2 rings (SSSR count). The number of rotatable bonds is 4. The van der Waals surface area contributed by atoms with Crippen molar-refractivity contribution >= 4 is 0 Å². The van der Waals surface area contributed by atoms with Crippen molar-refractivity contribution in [3.8, 4) is 5.75 Å². The number of methoxy groups -OCH3 is 1. The third kappa shape index (κ3) is 3.28. The van der Waals surface area contributed by atoms with Crippen molar-refractivity contribution in [2.45, 2.75) is 25.8 Å². The van der Waals surface area contributed by atoms with Crippen LogP contribution < -0.4 is 10.1 Å². The monoisotopic (exact) mass is 262 g/mol. The summed E-state index contributed by atoms with van der Waals surface area (Å²) in [5, 5.41) is 3.45. The molecule has 1 aromatic rings. The fraction of sp³-hybridized carbons (Fsp3) is 0.625. The first-order valence-corrected chi connectivity index (χ1v) is 7.15. The summed E-state index contributed by atoms with van der Waals surface area (Å²) in [6.07, 6.45) is 2.52. The molecule has 1 heterocycles. The average molecular weight is 262 g/mol. The normalized spacial score (nSPS) is 18.6. The van der Waals surface area contributed by atoms with Crippen LogP contribution in [0.5, 0.6) is 5.75 Å². The van der Waals surface area contributed by atoms with E-state index in [1.165, 1.54) is 24.0 Å². The molecule has 0 radical (unpaired) electrons. The van der Waals surface area contributed by atoms with Gasteiger partial charge in [0.2, 0.25) is 0 Å². The summed E-state index contributed by atoms with van der Waals surface area (Å²) < 4.78 is 5.36. The van der Waals surface area contributed by atoms with Crippen molar-refractivity contribution in [1.29, 1.82) is 0 Å². The van der Waals surface area contributed by atoms with E-state index in [4.69, 9.17) is 4.74 Å². The molecule has 0 spiro atoms. The molecule has 3 nitrogen and oxygen atoms in total. The fourth-order valence-electron chi connectivity index (χ4n) is 3.24. The van der Waals surface area contributed by atoms with Crippen LogP contribution in [0, 0.1) is 12.8 Å². The third-order valence-corrected chi connectivity index (χ3v) is 4.15. The van der Waals surface area contributed by atoms with Crippen LogP contribution >= 0.6 is 0 Å². The number of piperidine rings is 1. The molecule has 3 heteroatoms. The summed E-state index contributed by atoms with van der Waals surface area (Å²) in [4.78, 5) is 2.36. The zero-order chi connectivity index (χ0) is 13.8. The Hall–Kier alpha value is -1.06. The minimum atomic E-state index is 0.506. The Morgan fingerprint density at radius 3 is 2.47 bits per heavy atom. The molecule has 19 heavy (non-hydrogen) atoms. The van der Waals surface area contributed by atoms with Gasteiger partial charge in [0.05, 0.1) is 7.11 Å². The summed E-state index contributed by atoms with van der Waals surface area (Å²) in [6, 6.07) is 7.11. The molecule has 1 unspecified atom stereocenters. The van der Waals surface area contributed by atoms with Crippen LogP contribution in [-0.4, -0.2) is 39.2 Å². The lowest BCUT2D eigenvalue weighted by molar-refractivity contribution is 0.177. The van der Waals surface area contributed by atoms with Crippen molar-refractivity contribution in [1.82, 2.24) is 10.2 Å². The molecule has 0 bridgehead atoms. The number of ether oxygens (including phenoxy) is 1. The topological polar surface area (TPSA) is 24.5 Å². The van der Waals surface area contributed by atoms with Crippen LogP contribution in [0.4, 0.5) is 0 Å². The molecular formula is C16H26N2O. The van der Waals surface area contributed by atoms with Crippen molar-refractivity contribution in [2.24, 2.45) is 5.92 Å². The first-order valence-electron chi connectivity index (χ1n) is 7.15. The molecular weight excluding hydrogens is 236 g/mol. The smallest absolute Gasteiger partial charge is 0.121 e. The fourth-order valence-corrected chi connectivity index (χ4v) is 3.24. The lowest BCUT2D eigenvalue weighted by Gasteiger charge is -2.35. The second kappa shape index (κ2) is 6.40. The van der Waals surface area contributed by atoms with Gasteiger partial charge < -0.3 is 15.0 Å². The summed E-state index contributed by atoms with van der Waals surface area (Å²) in [6.45, 7) is 4.41. The number of hydrogen-bond acceptors (Lipinski definition) is 3. The van der Waals surface area contributed by atoms with Crippen LogP contribution in [0.2, 0.25) is 0 Å². The molecule has 0 aliphatic carbocycles. The zero-order valence-electron chi connectivity index (χ0n) is 12.6. The molecule has 1 N–H and O–H groups in total. The first-order chi connectivity index (χ1) is 9.13. The summed E-state index contributed by atoms with van der Waals surface area (Å²) in [5.41, 5.74) is 2.64. The molecule has 1 aromatic carbocycles. The standard InChI is InChI=1S/C16H26N2O/c1-12-11-14(5-6-15(12)19-4)16(18(2)3)13-7-9-17-10-8-13/h5-6,11,13,16-17H,7-10H2,1-4H3. The van der Waals surface area contributed by atoms with Gasteiger partial charge in [0, 0.05) is 6.04 Å². The quantitative estimate of drug-likeness (QED) is 0.902. The SMILES string of the molecule is COc1ccc(C(C2CCNCC2)N(C)C)cc1C. The molecule has 1 fully saturated rings. The second-order valence-corrected chi connectivity index (χ2v) is 5.72. The Labute approximate surface area is 116 Å². The summed E-state index contributed by atoms with van der Waals surface area (Å²) >= 11 is 0. The Kier molecular flexibility index (Phi) is 4.83. The predicted molar refractivity (Wildman–Crippen MR) is 79.8 cm³/mol. The highest BCUT2D eigenvalue weighted by Crippen LogP contribution is 2.34. The lowest BCUT2D eigenvalue weighted by atomic mass is 9.85. The maximum absolute atomic E-state index is 5.36. The van der Waals surface area contributed by atoms with Gasteiger partial charge in [-0.1, -0.05) is 12.1 Å². The minimum absolute atomic E-state index is 0.506. The van der Waals surface area contributed by atoms with E-state index in [1.54, 1.807) is 7.11 Å². The van der Waals surface area contributed by atoms with Gasteiger partial charge >= 0.3 is 0 Å². The molecule has 0 saturated carbocycles. The van der Waals surface area contributed by atoms with E-state index in [-0.39, 0.29) is 0 Å². The van der Waals surface area contributed by atoms with Crippen LogP contribution in [0.3, 0.4) is 0 Å². The molecule has 1 aliphatic heterocycles. The number of hydrogen-bond donors (Lipinski definition) is 1. The highest BCUT2D eigenvalue weighted by Gasteiger charge is 2.26. The van der Waals surface area contributed by atoms with E-state index in [2.05, 4.69) is 49.4 Å². The van der Waals surface area contributed by atoms with Gasteiger partial charge in [-0.15, -0.1) is 0 Å². The highest BCUT2D eigenvalue weighted by molar-refractivity contribution is 5.37. The van der Waals surface area contributed by atoms with Crippen molar-refractivity contribution in [3.05, 3.63) is 29.3 Å². The predicted octanol–water partition coefficient (Wildman–Crippen LogP) is 2.61. The van der Waals surface area contributed by atoms with Crippen LogP contribution in [-0.2, 0) is 0 Å². The Balaban J connectivity index is 2.25. The number of benzene rings is 1. The van der Waals surface area contributed by atoms with Crippen LogP contribution in [0.25, 0.3) is 0 Å². The molecule has 1 saturated heterocycles. The molecule has 106 valence electrons. The Morgan fingerprint density at radius 1 is 1.26 bits per heavy atom. The Morgan fingerprint density at radius 2 is 1.95 bits per heavy atom. The number of nitrogens with zero attached hydrogens (tertiary/aromatic N) is 1. The summed E-state index contributed by atoms with van der Waals surface area (Å²) in [7, 11) is 6.11. The first kappa shape index (κ1) is 14.4. The lowest BCUT2D eigenvalue weighted by Crippen LogP contribution is -2.36. The second-order valence-electron chi connectivity index (χ2n) is 5.72. The maximum Gasteiger partial charge on any atom is 0.121 e. The highest BCUT2D eigenvalue weighted by atomic mass is 16.5.